The van der Waals surface area contributed by atoms with Gasteiger partial charge in [-0.15, -0.1) is 0 Å². The van der Waals surface area contributed by atoms with Crippen LogP contribution in [-0.2, 0) is 4.79 Å². The summed E-state index contributed by atoms with van der Waals surface area (Å²) >= 11 is 0. The van der Waals surface area contributed by atoms with Crippen LogP contribution in [0.5, 0.6) is 0 Å². The van der Waals surface area contributed by atoms with E-state index in [0.29, 0.717) is 5.56 Å². The summed E-state index contributed by atoms with van der Waals surface area (Å²) in [5.41, 5.74) is 2.31. The molecule has 0 aromatic heterocycles. The zero-order chi connectivity index (χ0) is 12.9. The predicted octanol–water partition coefficient (Wildman–Crippen LogP) is 1.69. The summed E-state index contributed by atoms with van der Waals surface area (Å²) in [5.74, 6) is -0.0276. The van der Waals surface area contributed by atoms with Gasteiger partial charge in [-0.05, 0) is 37.0 Å². The van der Waals surface area contributed by atoms with Crippen LogP contribution in [-0.4, -0.2) is 32.3 Å². The van der Waals surface area contributed by atoms with E-state index in [0.717, 1.165) is 23.8 Å². The number of hydrogen-bond acceptors (Lipinski definition) is 3. The van der Waals surface area contributed by atoms with Crippen LogP contribution in [0.4, 0.5) is 11.4 Å². The van der Waals surface area contributed by atoms with Crippen LogP contribution >= 0.6 is 0 Å². The van der Waals surface area contributed by atoms with E-state index in [4.69, 9.17) is 0 Å². The highest BCUT2D eigenvalue weighted by molar-refractivity contribution is 6.52. The minimum Gasteiger partial charge on any atom is -0.374 e. The predicted molar refractivity (Wildman–Crippen MR) is 70.2 cm³/mol. The van der Waals surface area contributed by atoms with Gasteiger partial charge in [-0.2, -0.15) is 0 Å². The Hall–Kier alpha value is -1.84. The maximum Gasteiger partial charge on any atom is 0.299 e. The zero-order valence-corrected chi connectivity index (χ0v) is 10.6. The Bertz CT molecular complexity index is 535. The summed E-state index contributed by atoms with van der Waals surface area (Å²) in [6.45, 7) is 1.05. The van der Waals surface area contributed by atoms with Crippen LogP contribution in [0.25, 0.3) is 0 Å². The highest BCUT2D eigenvalue weighted by Crippen LogP contribution is 2.34. The van der Waals surface area contributed by atoms with Gasteiger partial charge in [-0.25, -0.2) is 0 Å². The molecular formula is C14H16N2O2. The van der Waals surface area contributed by atoms with Crippen molar-refractivity contribution in [2.24, 2.45) is 5.92 Å². The number of fused-ring (bicyclic) bond motifs is 1. The molecule has 3 rings (SSSR count). The molecule has 0 atom stereocenters. The summed E-state index contributed by atoms with van der Waals surface area (Å²) in [6, 6.07) is 5.61. The molecule has 0 unspecified atom stereocenters. The van der Waals surface area contributed by atoms with Crippen LogP contribution in [0.15, 0.2) is 18.2 Å². The van der Waals surface area contributed by atoms with E-state index in [1.165, 1.54) is 17.7 Å². The second-order valence-electron chi connectivity index (χ2n) is 5.22. The van der Waals surface area contributed by atoms with Gasteiger partial charge < -0.3 is 9.80 Å². The minimum absolute atomic E-state index is 0.399. The molecule has 1 amide bonds. The lowest BCUT2D eigenvalue weighted by atomic mass is 10.1. The highest BCUT2D eigenvalue weighted by atomic mass is 16.2. The Labute approximate surface area is 106 Å². The standard InChI is InChI=1S/C14H16N2O2/c1-15(8-9-3-4-9)10-5-6-11-12(7-10)16(2)14(18)13(11)17/h5-7,9H,3-4,8H2,1-2H3. The molecule has 1 saturated carbocycles. The number of hydrogen-bond donors (Lipinski definition) is 0. The van der Waals surface area contributed by atoms with Gasteiger partial charge in [0.25, 0.3) is 11.7 Å². The number of nitrogens with zero attached hydrogens (tertiary/aromatic N) is 2. The smallest absolute Gasteiger partial charge is 0.299 e. The van der Waals surface area contributed by atoms with Crippen molar-refractivity contribution in [3.63, 3.8) is 0 Å². The lowest BCUT2D eigenvalue weighted by Gasteiger charge is -2.20. The fourth-order valence-corrected chi connectivity index (χ4v) is 2.40. The van der Waals surface area contributed by atoms with Crippen LogP contribution < -0.4 is 9.80 Å². The maximum absolute atomic E-state index is 11.7. The summed E-state index contributed by atoms with van der Waals surface area (Å²) in [6.07, 6.45) is 2.62. The van der Waals surface area contributed by atoms with Crippen molar-refractivity contribution < 1.29 is 9.59 Å². The Morgan fingerprint density at radius 3 is 2.72 bits per heavy atom. The van der Waals surface area contributed by atoms with E-state index in [2.05, 4.69) is 11.9 Å². The number of carbonyl (C=O) groups is 2. The number of Topliss-reactive ketones (excluding diaryl/α,β-unsaturated/α-hetero) is 1. The molecule has 0 bridgehead atoms. The average molecular weight is 244 g/mol. The molecule has 0 N–H and O–H groups in total. The number of anilines is 2. The van der Waals surface area contributed by atoms with Crippen molar-refractivity contribution in [2.75, 3.05) is 30.4 Å². The van der Waals surface area contributed by atoms with Gasteiger partial charge >= 0.3 is 0 Å². The van der Waals surface area contributed by atoms with Gasteiger partial charge in [0.1, 0.15) is 0 Å². The van der Waals surface area contributed by atoms with Gasteiger partial charge in [0.15, 0.2) is 0 Å². The second kappa shape index (κ2) is 3.83. The molecule has 1 aliphatic heterocycles. The summed E-state index contributed by atoms with van der Waals surface area (Å²) < 4.78 is 0. The first-order valence-electron chi connectivity index (χ1n) is 6.25. The van der Waals surface area contributed by atoms with Crippen LogP contribution in [0.2, 0.25) is 0 Å². The SMILES string of the molecule is CN(CC1CC1)c1ccc2c(c1)N(C)C(=O)C2=O. The van der Waals surface area contributed by atoms with E-state index in [1.807, 2.05) is 12.1 Å². The molecule has 0 radical (unpaired) electrons. The van der Waals surface area contributed by atoms with E-state index in [9.17, 15) is 9.59 Å². The van der Waals surface area contributed by atoms with E-state index >= 15 is 0 Å². The monoisotopic (exact) mass is 244 g/mol. The van der Waals surface area contributed by atoms with Crippen LogP contribution in [0.1, 0.15) is 23.2 Å². The average Bonchev–Trinajstić information content (AvgIpc) is 3.15. The molecule has 4 nitrogen and oxygen atoms in total. The lowest BCUT2D eigenvalue weighted by Crippen LogP contribution is -2.25. The fraction of sp³-hybridized carbons (Fsp3) is 0.429. The molecule has 94 valence electrons. The molecule has 1 aromatic carbocycles. The Balaban J connectivity index is 1.91. The first kappa shape index (κ1) is 11.3. The van der Waals surface area contributed by atoms with E-state index in [-0.39, 0.29) is 0 Å². The molecule has 1 fully saturated rings. The molecule has 4 heteroatoms. The first-order chi connectivity index (χ1) is 8.58. The summed E-state index contributed by atoms with van der Waals surface area (Å²) in [7, 11) is 3.70. The third-order valence-electron chi connectivity index (χ3n) is 3.76. The Morgan fingerprint density at radius 1 is 1.33 bits per heavy atom. The lowest BCUT2D eigenvalue weighted by molar-refractivity contribution is -0.114. The quantitative estimate of drug-likeness (QED) is 0.760. The van der Waals surface area contributed by atoms with E-state index < -0.39 is 11.7 Å². The number of likely N-dealkylation sites (N-methyl/N-ethyl adjacent to an activating group) is 1. The van der Waals surface area contributed by atoms with Gasteiger partial charge in [0.05, 0.1) is 11.3 Å². The van der Waals surface area contributed by atoms with Gasteiger partial charge in [-0.1, -0.05) is 0 Å². The van der Waals surface area contributed by atoms with Crippen molar-refractivity contribution in [3.8, 4) is 0 Å². The topological polar surface area (TPSA) is 40.6 Å². The second-order valence-corrected chi connectivity index (χ2v) is 5.22. The van der Waals surface area contributed by atoms with Gasteiger partial charge in [-0.3, -0.25) is 9.59 Å². The Morgan fingerprint density at radius 2 is 2.06 bits per heavy atom. The number of carbonyl (C=O) groups excluding carboxylic acids is 2. The minimum atomic E-state index is -0.438. The zero-order valence-electron chi connectivity index (χ0n) is 10.6. The number of ketones is 1. The normalized spacial score (nSPS) is 18.2. The van der Waals surface area contributed by atoms with E-state index in [1.54, 1.807) is 13.1 Å². The maximum atomic E-state index is 11.7. The highest BCUT2D eigenvalue weighted by Gasteiger charge is 2.33. The van der Waals surface area contributed by atoms with Crippen LogP contribution in [0, 0.1) is 5.92 Å². The van der Waals surface area contributed by atoms with Gasteiger partial charge in [0.2, 0.25) is 0 Å². The molecule has 1 aliphatic carbocycles. The van der Waals surface area contributed by atoms with Crippen molar-refractivity contribution >= 4 is 23.1 Å². The van der Waals surface area contributed by atoms with Crippen molar-refractivity contribution in [2.45, 2.75) is 12.8 Å². The Kier molecular flexibility index (Phi) is 2.40. The largest absolute Gasteiger partial charge is 0.374 e. The molecule has 1 aromatic rings. The molecule has 1 heterocycles. The van der Waals surface area contributed by atoms with Crippen LogP contribution in [0.3, 0.4) is 0 Å². The first-order valence-corrected chi connectivity index (χ1v) is 6.25. The number of amides is 1. The van der Waals surface area contributed by atoms with Crippen molar-refractivity contribution in [3.05, 3.63) is 23.8 Å². The molecule has 0 spiro atoms. The fourth-order valence-electron chi connectivity index (χ4n) is 2.40. The molecule has 18 heavy (non-hydrogen) atoms. The summed E-state index contributed by atoms with van der Waals surface area (Å²) in [5, 5.41) is 0. The summed E-state index contributed by atoms with van der Waals surface area (Å²) in [4.78, 5) is 26.9. The molecule has 2 aliphatic rings. The molecule has 0 saturated heterocycles. The number of rotatable bonds is 3. The van der Waals surface area contributed by atoms with Crippen molar-refractivity contribution in [1.82, 2.24) is 0 Å². The van der Waals surface area contributed by atoms with Crippen molar-refractivity contribution in [1.29, 1.82) is 0 Å². The van der Waals surface area contributed by atoms with Gasteiger partial charge in [0, 0.05) is 26.3 Å². The molecular weight excluding hydrogens is 228 g/mol. The number of benzene rings is 1. The third-order valence-corrected chi connectivity index (χ3v) is 3.76. The third kappa shape index (κ3) is 1.68.